The number of halogens is 1. The lowest BCUT2D eigenvalue weighted by molar-refractivity contribution is -0.384. The SMILES string of the molecule is Cc1ccccc1CSc1ncc(Cl)c(C(=O)Nc2cc([N+](=O)[O-])ccc2C)n1. The average Bonchev–Trinajstić information content (AvgIpc) is 2.69. The molecule has 0 spiro atoms. The number of non-ortho nitro benzene ring substituents is 1. The van der Waals surface area contributed by atoms with Crippen LogP contribution in [0.4, 0.5) is 11.4 Å². The summed E-state index contributed by atoms with van der Waals surface area (Å²) in [6, 6.07) is 12.2. The summed E-state index contributed by atoms with van der Waals surface area (Å²) in [4.78, 5) is 31.6. The third kappa shape index (κ3) is 5.10. The lowest BCUT2D eigenvalue weighted by Gasteiger charge is -2.10. The van der Waals surface area contributed by atoms with Crippen molar-refractivity contribution >= 4 is 40.6 Å². The molecule has 1 N–H and O–H groups in total. The van der Waals surface area contributed by atoms with E-state index >= 15 is 0 Å². The van der Waals surface area contributed by atoms with Crippen LogP contribution >= 0.6 is 23.4 Å². The van der Waals surface area contributed by atoms with Crippen LogP contribution in [0, 0.1) is 24.0 Å². The Morgan fingerprint density at radius 1 is 1.21 bits per heavy atom. The van der Waals surface area contributed by atoms with Crippen molar-refractivity contribution in [3.63, 3.8) is 0 Å². The maximum atomic E-state index is 12.7. The minimum Gasteiger partial charge on any atom is -0.320 e. The van der Waals surface area contributed by atoms with Crippen molar-refractivity contribution in [1.29, 1.82) is 0 Å². The quantitative estimate of drug-likeness (QED) is 0.251. The van der Waals surface area contributed by atoms with Gasteiger partial charge in [-0.3, -0.25) is 14.9 Å². The van der Waals surface area contributed by atoms with E-state index in [1.54, 1.807) is 13.0 Å². The number of hydrogen-bond acceptors (Lipinski definition) is 6. The number of amides is 1. The van der Waals surface area contributed by atoms with Crippen molar-refractivity contribution in [3.05, 3.63) is 86.2 Å². The molecule has 0 saturated carbocycles. The molecule has 3 rings (SSSR count). The van der Waals surface area contributed by atoms with Crippen molar-refractivity contribution in [1.82, 2.24) is 9.97 Å². The molecule has 0 aliphatic carbocycles. The highest BCUT2D eigenvalue weighted by Gasteiger charge is 2.17. The van der Waals surface area contributed by atoms with Crippen molar-refractivity contribution < 1.29 is 9.72 Å². The molecular weight excluding hydrogens is 412 g/mol. The lowest BCUT2D eigenvalue weighted by Crippen LogP contribution is -2.16. The first-order chi connectivity index (χ1) is 13.8. The van der Waals surface area contributed by atoms with Gasteiger partial charge in [-0.2, -0.15) is 0 Å². The monoisotopic (exact) mass is 428 g/mol. The van der Waals surface area contributed by atoms with E-state index in [2.05, 4.69) is 15.3 Å². The van der Waals surface area contributed by atoms with Gasteiger partial charge in [0.15, 0.2) is 10.9 Å². The minimum atomic E-state index is -0.557. The van der Waals surface area contributed by atoms with E-state index in [4.69, 9.17) is 11.6 Å². The molecule has 0 aliphatic rings. The Morgan fingerprint density at radius 2 is 1.97 bits per heavy atom. The molecule has 9 heteroatoms. The van der Waals surface area contributed by atoms with Crippen molar-refractivity contribution in [2.45, 2.75) is 24.8 Å². The number of nitro benzene ring substituents is 1. The number of hydrogen-bond donors (Lipinski definition) is 1. The zero-order chi connectivity index (χ0) is 21.0. The van der Waals surface area contributed by atoms with Crippen LogP contribution in [0.25, 0.3) is 0 Å². The largest absolute Gasteiger partial charge is 0.320 e. The molecule has 1 heterocycles. The second kappa shape index (κ2) is 9.02. The second-order valence-electron chi connectivity index (χ2n) is 6.27. The first-order valence-corrected chi connectivity index (χ1v) is 9.97. The molecule has 7 nitrogen and oxygen atoms in total. The van der Waals surface area contributed by atoms with Gasteiger partial charge in [0, 0.05) is 17.9 Å². The Morgan fingerprint density at radius 3 is 2.69 bits per heavy atom. The molecule has 0 bridgehead atoms. The Balaban J connectivity index is 1.79. The van der Waals surface area contributed by atoms with Gasteiger partial charge in [0.1, 0.15) is 0 Å². The summed E-state index contributed by atoms with van der Waals surface area (Å²) in [5.74, 6) is 0.0954. The molecule has 0 fully saturated rings. The molecule has 0 saturated heterocycles. The van der Waals surface area contributed by atoms with Crippen LogP contribution in [0.2, 0.25) is 5.02 Å². The first kappa shape index (κ1) is 20.8. The molecule has 1 aromatic heterocycles. The summed E-state index contributed by atoms with van der Waals surface area (Å²) in [6.07, 6.45) is 1.38. The third-order valence-electron chi connectivity index (χ3n) is 4.24. The summed E-state index contributed by atoms with van der Waals surface area (Å²) in [6.45, 7) is 3.77. The highest BCUT2D eigenvalue weighted by molar-refractivity contribution is 7.98. The predicted octanol–water partition coefficient (Wildman–Crippen LogP) is 5.20. The molecule has 3 aromatic rings. The molecule has 1 amide bonds. The van der Waals surface area contributed by atoms with Crippen LogP contribution in [0.1, 0.15) is 27.2 Å². The number of nitro groups is 1. The number of nitrogens with one attached hydrogen (secondary N) is 1. The Hall–Kier alpha value is -2.97. The van der Waals surface area contributed by atoms with Gasteiger partial charge >= 0.3 is 0 Å². The van der Waals surface area contributed by atoms with Gasteiger partial charge in [-0.1, -0.05) is 53.7 Å². The Bertz CT molecular complexity index is 1090. The fourth-order valence-corrected chi connectivity index (χ4v) is 3.60. The van der Waals surface area contributed by atoms with E-state index in [-0.39, 0.29) is 16.4 Å². The fourth-order valence-electron chi connectivity index (χ4n) is 2.53. The highest BCUT2D eigenvalue weighted by Crippen LogP contribution is 2.26. The van der Waals surface area contributed by atoms with Crippen LogP contribution in [0.3, 0.4) is 0 Å². The minimum absolute atomic E-state index is 0.0138. The van der Waals surface area contributed by atoms with E-state index in [9.17, 15) is 14.9 Å². The molecule has 0 radical (unpaired) electrons. The summed E-state index contributed by atoms with van der Waals surface area (Å²) in [5.41, 5.74) is 3.22. The maximum absolute atomic E-state index is 12.7. The van der Waals surface area contributed by atoms with Gasteiger partial charge < -0.3 is 5.32 Å². The van der Waals surface area contributed by atoms with Crippen LogP contribution in [-0.2, 0) is 5.75 Å². The van der Waals surface area contributed by atoms with E-state index in [1.165, 1.54) is 30.1 Å². The van der Waals surface area contributed by atoms with E-state index < -0.39 is 10.8 Å². The zero-order valence-electron chi connectivity index (χ0n) is 15.7. The highest BCUT2D eigenvalue weighted by atomic mass is 35.5. The topological polar surface area (TPSA) is 98.0 Å². The molecule has 0 aliphatic heterocycles. The van der Waals surface area contributed by atoms with Crippen molar-refractivity contribution in [2.24, 2.45) is 0 Å². The molecule has 0 atom stereocenters. The average molecular weight is 429 g/mol. The van der Waals surface area contributed by atoms with E-state index in [0.29, 0.717) is 22.2 Å². The molecule has 148 valence electrons. The van der Waals surface area contributed by atoms with E-state index in [1.807, 2.05) is 31.2 Å². The first-order valence-electron chi connectivity index (χ1n) is 8.61. The number of carbonyl (C=O) groups is 1. The van der Waals surface area contributed by atoms with Crippen LogP contribution in [0.5, 0.6) is 0 Å². The van der Waals surface area contributed by atoms with E-state index in [0.717, 1.165) is 11.1 Å². The van der Waals surface area contributed by atoms with Gasteiger partial charge in [0.05, 0.1) is 21.8 Å². The number of aryl methyl sites for hydroxylation is 2. The molecule has 0 unspecified atom stereocenters. The molecular formula is C20H17ClN4O3S. The molecule has 29 heavy (non-hydrogen) atoms. The third-order valence-corrected chi connectivity index (χ3v) is 5.42. The number of nitrogens with zero attached hydrogens (tertiary/aromatic N) is 3. The van der Waals surface area contributed by atoms with Gasteiger partial charge in [-0.15, -0.1) is 0 Å². The number of anilines is 1. The normalized spacial score (nSPS) is 10.6. The summed E-state index contributed by atoms with van der Waals surface area (Å²) < 4.78 is 0. The van der Waals surface area contributed by atoms with Gasteiger partial charge in [0.25, 0.3) is 11.6 Å². The Labute approximate surface area is 176 Å². The number of carbonyl (C=O) groups excluding carboxylic acids is 1. The van der Waals surface area contributed by atoms with Gasteiger partial charge in [0.2, 0.25) is 0 Å². The standard InChI is InChI=1S/C20H17ClN4O3S/c1-12-5-3-4-6-14(12)11-29-20-22-10-16(21)18(24-20)19(26)23-17-9-15(25(27)28)8-7-13(17)2/h3-10H,11H2,1-2H3,(H,23,26). The number of aromatic nitrogens is 2. The smallest absolute Gasteiger partial charge is 0.275 e. The summed E-state index contributed by atoms with van der Waals surface area (Å²) in [7, 11) is 0. The van der Waals surface area contributed by atoms with Crippen LogP contribution in [0.15, 0.2) is 53.8 Å². The van der Waals surface area contributed by atoms with Crippen molar-refractivity contribution in [3.8, 4) is 0 Å². The van der Waals surface area contributed by atoms with Gasteiger partial charge in [-0.05, 0) is 30.5 Å². The Kier molecular flexibility index (Phi) is 6.46. The maximum Gasteiger partial charge on any atom is 0.275 e. The molecule has 2 aromatic carbocycles. The van der Waals surface area contributed by atoms with Gasteiger partial charge in [-0.25, -0.2) is 9.97 Å². The lowest BCUT2D eigenvalue weighted by atomic mass is 10.1. The summed E-state index contributed by atoms with van der Waals surface area (Å²) >= 11 is 7.51. The van der Waals surface area contributed by atoms with Crippen molar-refractivity contribution in [2.75, 3.05) is 5.32 Å². The predicted molar refractivity (Wildman–Crippen MR) is 114 cm³/mol. The van der Waals surface area contributed by atoms with Crippen LogP contribution in [-0.4, -0.2) is 20.8 Å². The number of benzene rings is 2. The van der Waals surface area contributed by atoms with Crippen LogP contribution < -0.4 is 5.32 Å². The fraction of sp³-hybridized carbons (Fsp3) is 0.150. The summed E-state index contributed by atoms with van der Waals surface area (Å²) in [5, 5.41) is 14.1. The second-order valence-corrected chi connectivity index (χ2v) is 7.62. The number of thioether (sulfide) groups is 1. The zero-order valence-corrected chi connectivity index (χ0v) is 17.3. The number of rotatable bonds is 6.